The first-order chi connectivity index (χ1) is 9.66. The molecule has 2 aliphatic rings. The third-order valence-electron chi connectivity index (χ3n) is 4.73. The van der Waals surface area contributed by atoms with Crippen LogP contribution in [0.15, 0.2) is 30.3 Å². The summed E-state index contributed by atoms with van der Waals surface area (Å²) in [6, 6.07) is 10.1. The molecule has 1 aromatic rings. The van der Waals surface area contributed by atoms with Gasteiger partial charge in [-0.2, -0.15) is 0 Å². The molecule has 2 saturated heterocycles. The monoisotopic (exact) mass is 347 g/mol. The molecule has 2 unspecified atom stereocenters. The number of hydrogen-bond acceptors (Lipinski definition) is 3. The molecule has 2 fully saturated rings. The number of carbonyl (C=O) groups is 1. The molecule has 0 saturated carbocycles. The first kappa shape index (κ1) is 14.7. The van der Waals surface area contributed by atoms with Gasteiger partial charge in [-0.15, -0.1) is 0 Å². The summed E-state index contributed by atoms with van der Waals surface area (Å²) in [5, 5.41) is 0. The summed E-state index contributed by atoms with van der Waals surface area (Å²) < 4.78 is 13.4. The Bertz CT molecular complexity index is 495. The van der Waals surface area contributed by atoms with Crippen LogP contribution >= 0.6 is 0 Å². The molecule has 4 atom stereocenters. The number of fused-ring (bicyclic) bond motifs is 2. The van der Waals surface area contributed by atoms with E-state index in [0.29, 0.717) is 9.34 Å². The van der Waals surface area contributed by atoms with Crippen LogP contribution in [0.3, 0.4) is 0 Å². The van der Waals surface area contributed by atoms with Crippen molar-refractivity contribution in [1.29, 1.82) is 0 Å². The van der Waals surface area contributed by atoms with Crippen molar-refractivity contribution in [3.05, 3.63) is 35.9 Å². The van der Waals surface area contributed by atoms with Gasteiger partial charge in [-0.25, -0.2) is 0 Å². The summed E-state index contributed by atoms with van der Waals surface area (Å²) in [6.45, 7) is 2.52. The molecule has 0 aliphatic carbocycles. The average molecular weight is 347 g/mol. The Hall–Kier alpha value is -0.181. The Labute approximate surface area is 136 Å². The van der Waals surface area contributed by atoms with Gasteiger partial charge in [0, 0.05) is 0 Å². The Morgan fingerprint density at radius 1 is 1.50 bits per heavy atom. The number of rotatable bonds is 4. The van der Waals surface area contributed by atoms with Crippen molar-refractivity contribution >= 4 is 13.8 Å². The zero-order chi connectivity index (χ0) is 14.2. The number of benzene rings is 1. The van der Waals surface area contributed by atoms with E-state index in [2.05, 4.69) is 14.8 Å². The molecule has 20 heavy (non-hydrogen) atoms. The second-order valence-electron chi connectivity index (χ2n) is 5.83. The third kappa shape index (κ3) is 2.51. The predicted molar refractivity (Wildman–Crippen MR) is 74.7 cm³/mol. The van der Waals surface area contributed by atoms with E-state index in [4.69, 9.17) is 9.47 Å². The van der Waals surface area contributed by atoms with Gasteiger partial charge in [0.2, 0.25) is 0 Å². The molecule has 0 aromatic heterocycles. The number of hydrogen-bond donors (Lipinski definition) is 0. The van der Waals surface area contributed by atoms with Crippen LogP contribution in [0.2, 0.25) is 5.96 Å². The summed E-state index contributed by atoms with van der Waals surface area (Å²) in [4.78, 5) is 12.5. The Balaban J connectivity index is 1.68. The van der Waals surface area contributed by atoms with Crippen LogP contribution in [0.4, 0.5) is 0 Å². The molecule has 3 rings (SSSR count). The standard InChI is InChI=1S/C15H19BO3.Y/c1-3-15(2)12(9-13(16)19-15)14(17)18-10-11-7-5-4-6-8-11;/h4-9,12-13H,2-3,10,16H2,1H3;/t12-,13-,15?;/m1./s1. The van der Waals surface area contributed by atoms with E-state index in [-0.39, 0.29) is 23.5 Å². The minimum atomic E-state index is -0.678. The van der Waals surface area contributed by atoms with Gasteiger partial charge >= 0.3 is 137 Å². The first-order valence-corrected chi connectivity index (χ1v) is 11.0. The summed E-state index contributed by atoms with van der Waals surface area (Å²) in [5.74, 6) is -0.0266. The number of esters is 1. The van der Waals surface area contributed by atoms with Crippen LogP contribution in [0.5, 0.6) is 0 Å². The van der Waals surface area contributed by atoms with Crippen LogP contribution < -0.4 is 0 Å². The van der Waals surface area contributed by atoms with Crippen LogP contribution in [-0.4, -0.2) is 25.4 Å². The van der Waals surface area contributed by atoms with Crippen molar-refractivity contribution < 1.29 is 43.5 Å². The van der Waals surface area contributed by atoms with Crippen LogP contribution in [-0.2, 0) is 50.1 Å². The molecule has 1 aromatic carbocycles. The number of carbonyl (C=O) groups excluding carboxylic acids is 1. The van der Waals surface area contributed by atoms with Crippen molar-refractivity contribution in [3.63, 3.8) is 0 Å². The van der Waals surface area contributed by atoms with E-state index in [1.807, 2.05) is 30.3 Å². The second-order valence-corrected chi connectivity index (χ2v) is 9.88. The van der Waals surface area contributed by atoms with Gasteiger partial charge in [-0.05, 0) is 0 Å². The molecule has 2 heterocycles. The molecule has 2 bridgehead atoms. The van der Waals surface area contributed by atoms with Gasteiger partial charge in [-0.3, -0.25) is 0 Å². The van der Waals surface area contributed by atoms with E-state index in [1.165, 1.54) is 3.23 Å². The molecule has 2 aliphatic heterocycles. The van der Waals surface area contributed by atoms with Gasteiger partial charge in [0.25, 0.3) is 0 Å². The first-order valence-electron chi connectivity index (χ1n) is 7.38. The minimum absolute atomic E-state index is 0.00686. The average Bonchev–Trinajstić information content (AvgIpc) is 2.98. The van der Waals surface area contributed by atoms with Gasteiger partial charge in [0.1, 0.15) is 0 Å². The summed E-state index contributed by atoms with van der Waals surface area (Å²) >= 11 is -0.678. The van der Waals surface area contributed by atoms with Gasteiger partial charge < -0.3 is 0 Å². The zero-order valence-electron chi connectivity index (χ0n) is 12.0. The maximum absolute atomic E-state index is 12.5. The molecule has 0 amide bonds. The van der Waals surface area contributed by atoms with Crippen molar-refractivity contribution in [2.75, 3.05) is 0 Å². The topological polar surface area (TPSA) is 35.5 Å². The fourth-order valence-electron chi connectivity index (χ4n) is 3.62. The molecular formula is C15H19BO3Y. The maximum atomic E-state index is 12.5. The van der Waals surface area contributed by atoms with Crippen molar-refractivity contribution in [2.45, 2.75) is 37.5 Å². The zero-order valence-corrected chi connectivity index (χ0v) is 14.9. The molecule has 0 N–H and O–H groups in total. The van der Waals surface area contributed by atoms with Crippen molar-refractivity contribution in [2.24, 2.45) is 5.92 Å². The Morgan fingerprint density at radius 2 is 2.25 bits per heavy atom. The van der Waals surface area contributed by atoms with Crippen LogP contribution in [0.1, 0.15) is 18.9 Å². The summed E-state index contributed by atoms with van der Waals surface area (Å²) in [7, 11) is 2.13. The molecule has 103 valence electrons. The summed E-state index contributed by atoms with van der Waals surface area (Å²) in [5.41, 5.74) is 0.867. The fourth-order valence-corrected chi connectivity index (χ4v) is 9.89. The predicted octanol–water partition coefficient (Wildman–Crippen LogP) is 1.79. The quantitative estimate of drug-likeness (QED) is 0.616. The van der Waals surface area contributed by atoms with Crippen molar-refractivity contribution in [1.82, 2.24) is 0 Å². The van der Waals surface area contributed by atoms with Gasteiger partial charge in [0.15, 0.2) is 0 Å². The molecule has 3 nitrogen and oxygen atoms in total. The van der Waals surface area contributed by atoms with Gasteiger partial charge in [0.05, 0.1) is 0 Å². The second kappa shape index (κ2) is 5.90. The Kier molecular flexibility index (Phi) is 4.35. The van der Waals surface area contributed by atoms with Crippen molar-refractivity contribution in [3.8, 4) is 0 Å². The number of ether oxygens (including phenoxy) is 2. The normalized spacial score (nSPS) is 34.4. The van der Waals surface area contributed by atoms with E-state index >= 15 is 0 Å². The molecular weight excluding hydrogens is 328 g/mol. The van der Waals surface area contributed by atoms with E-state index in [0.717, 1.165) is 12.0 Å². The van der Waals surface area contributed by atoms with Crippen LogP contribution in [0, 0.1) is 5.92 Å². The van der Waals surface area contributed by atoms with E-state index in [1.54, 1.807) is 0 Å². The van der Waals surface area contributed by atoms with E-state index < -0.39 is 29.2 Å². The summed E-state index contributed by atoms with van der Waals surface area (Å²) in [6.07, 6.45) is 0.935. The van der Waals surface area contributed by atoms with Gasteiger partial charge in [-0.1, -0.05) is 0 Å². The fraction of sp³-hybridized carbons (Fsp3) is 0.533. The van der Waals surface area contributed by atoms with E-state index in [9.17, 15) is 4.79 Å². The molecule has 0 spiro atoms. The van der Waals surface area contributed by atoms with Crippen LogP contribution in [0.25, 0.3) is 0 Å². The SMILES string of the molecule is B[C@@H]1OC2(CC)[CH2][Y][CH]1[C@@H]2C(=O)OCc1ccccc1. The molecule has 0 radical (unpaired) electrons. The third-order valence-corrected chi connectivity index (χ3v) is 10.6. The Morgan fingerprint density at radius 3 is 2.90 bits per heavy atom. The molecule has 5 heteroatoms.